The maximum absolute atomic E-state index is 13.8. The van der Waals surface area contributed by atoms with Crippen molar-refractivity contribution in [1.29, 1.82) is 0 Å². The van der Waals surface area contributed by atoms with Crippen LogP contribution in [0, 0.1) is 6.92 Å². The van der Waals surface area contributed by atoms with Crippen LogP contribution in [-0.4, -0.2) is 59.7 Å². The van der Waals surface area contributed by atoms with E-state index in [0.717, 1.165) is 5.56 Å². The molecule has 5 aromatic rings. The molecule has 228 valence electrons. The Morgan fingerprint density at radius 2 is 1.41 bits per heavy atom. The highest BCUT2D eigenvalue weighted by molar-refractivity contribution is 7.93. The van der Waals surface area contributed by atoms with Crippen LogP contribution in [-0.2, 0) is 14.8 Å². The topological polar surface area (TPSA) is 140 Å². The smallest absolute Gasteiger partial charge is 0.243 e. The van der Waals surface area contributed by atoms with Gasteiger partial charge in [0.25, 0.3) is 0 Å². The predicted octanol–water partition coefficient (Wildman–Crippen LogP) is 5.36. The molecule has 0 fully saturated rings. The number of para-hydroxylation sites is 2. The fourth-order valence-corrected chi connectivity index (χ4v) is 5.67. The molecular formula is C31H32N6O6S. The SMILES string of the molecule is COc1cccc(OC)c1-n1c(NS(=O)(=O)[C@@H](C)[C@H](OC)c2ncc(C)cn2)nnc1-c1ccc(Oc2ccccc2)cc1. The average Bonchev–Trinajstić information content (AvgIpc) is 3.44. The largest absolute Gasteiger partial charge is 0.494 e. The third kappa shape index (κ3) is 6.33. The molecule has 1 N–H and O–H groups in total. The van der Waals surface area contributed by atoms with Gasteiger partial charge in [0, 0.05) is 25.1 Å². The number of ether oxygens (including phenoxy) is 4. The van der Waals surface area contributed by atoms with Crippen molar-refractivity contribution in [3.05, 3.63) is 96.6 Å². The van der Waals surface area contributed by atoms with Crippen LogP contribution in [0.1, 0.15) is 24.4 Å². The number of anilines is 1. The van der Waals surface area contributed by atoms with Crippen molar-refractivity contribution in [1.82, 2.24) is 24.7 Å². The second-order valence-electron chi connectivity index (χ2n) is 9.76. The van der Waals surface area contributed by atoms with E-state index in [0.29, 0.717) is 40.1 Å². The first-order valence-electron chi connectivity index (χ1n) is 13.6. The van der Waals surface area contributed by atoms with Crippen LogP contribution in [0.4, 0.5) is 5.95 Å². The number of hydrogen-bond acceptors (Lipinski definition) is 10. The van der Waals surface area contributed by atoms with E-state index in [-0.39, 0.29) is 11.8 Å². The van der Waals surface area contributed by atoms with E-state index < -0.39 is 21.4 Å². The normalized spacial score (nSPS) is 12.8. The summed E-state index contributed by atoms with van der Waals surface area (Å²) in [6.07, 6.45) is 2.25. The zero-order chi connectivity index (χ0) is 31.3. The van der Waals surface area contributed by atoms with Crippen LogP contribution in [0.5, 0.6) is 23.0 Å². The summed E-state index contributed by atoms with van der Waals surface area (Å²) in [4.78, 5) is 8.55. The Hall–Kier alpha value is -5.01. The molecule has 2 atom stereocenters. The Morgan fingerprint density at radius 3 is 2.00 bits per heavy atom. The van der Waals surface area contributed by atoms with Gasteiger partial charge >= 0.3 is 0 Å². The van der Waals surface area contributed by atoms with Crippen LogP contribution < -0.4 is 18.9 Å². The van der Waals surface area contributed by atoms with Gasteiger partial charge in [-0.3, -0.25) is 9.29 Å². The minimum absolute atomic E-state index is 0.0843. The minimum Gasteiger partial charge on any atom is -0.494 e. The van der Waals surface area contributed by atoms with Crippen molar-refractivity contribution >= 4 is 16.0 Å². The molecule has 0 amide bonds. The summed E-state index contributed by atoms with van der Waals surface area (Å²) in [6, 6.07) is 21.8. The zero-order valence-electron chi connectivity index (χ0n) is 24.8. The van der Waals surface area contributed by atoms with Gasteiger partial charge in [-0.1, -0.05) is 24.3 Å². The van der Waals surface area contributed by atoms with Crippen molar-refractivity contribution in [2.45, 2.75) is 25.2 Å². The summed E-state index contributed by atoms with van der Waals surface area (Å²) in [5.41, 5.74) is 1.87. The van der Waals surface area contributed by atoms with Crippen LogP contribution in [0.15, 0.2) is 85.2 Å². The van der Waals surface area contributed by atoms with Crippen LogP contribution in [0.3, 0.4) is 0 Å². The molecule has 3 aromatic carbocycles. The summed E-state index contributed by atoms with van der Waals surface area (Å²) < 4.78 is 54.5. The molecule has 2 aromatic heterocycles. The number of sulfonamides is 1. The summed E-state index contributed by atoms with van der Waals surface area (Å²) >= 11 is 0. The van der Waals surface area contributed by atoms with E-state index in [4.69, 9.17) is 18.9 Å². The third-order valence-electron chi connectivity index (χ3n) is 6.84. The van der Waals surface area contributed by atoms with E-state index >= 15 is 0 Å². The van der Waals surface area contributed by atoms with Crippen molar-refractivity contribution in [3.63, 3.8) is 0 Å². The van der Waals surface area contributed by atoms with Gasteiger partial charge < -0.3 is 18.9 Å². The van der Waals surface area contributed by atoms with E-state index in [2.05, 4.69) is 24.9 Å². The van der Waals surface area contributed by atoms with Crippen molar-refractivity contribution in [2.75, 3.05) is 26.1 Å². The Kier molecular flexibility index (Phi) is 9.07. The summed E-state index contributed by atoms with van der Waals surface area (Å²) in [6.45, 7) is 3.35. The third-order valence-corrected chi connectivity index (χ3v) is 8.53. The first-order chi connectivity index (χ1) is 21.2. The van der Waals surface area contributed by atoms with Crippen LogP contribution in [0.2, 0.25) is 0 Å². The molecule has 0 aliphatic rings. The molecule has 0 radical (unpaired) electrons. The van der Waals surface area contributed by atoms with Gasteiger partial charge in [0.15, 0.2) is 11.6 Å². The van der Waals surface area contributed by atoms with E-state index in [1.165, 1.54) is 28.3 Å². The zero-order valence-corrected chi connectivity index (χ0v) is 25.6. The predicted molar refractivity (Wildman–Crippen MR) is 165 cm³/mol. The number of methoxy groups -OCH3 is 3. The van der Waals surface area contributed by atoms with Gasteiger partial charge in [-0.15, -0.1) is 10.2 Å². The van der Waals surface area contributed by atoms with Gasteiger partial charge in [-0.05, 0) is 67.9 Å². The molecule has 0 aliphatic heterocycles. The Balaban J connectivity index is 1.57. The van der Waals surface area contributed by atoms with Crippen LogP contribution in [0.25, 0.3) is 17.1 Å². The highest BCUT2D eigenvalue weighted by Crippen LogP contribution is 2.38. The standard InChI is InChI=1S/C31H32N6O6S/c1-20-18-32-29(33-19-20)28(42-5)21(2)44(38,39)36-31-35-34-30(37(31)27-25(40-3)12-9-13-26(27)41-4)22-14-16-24(17-15-22)43-23-10-7-6-8-11-23/h6-19,21,28H,1-5H3,(H,35,36)/t21-,28-/m0/s1. The maximum atomic E-state index is 13.8. The summed E-state index contributed by atoms with van der Waals surface area (Å²) in [5, 5.41) is 7.52. The lowest BCUT2D eigenvalue weighted by atomic mass is 10.2. The highest BCUT2D eigenvalue weighted by Gasteiger charge is 2.35. The van der Waals surface area contributed by atoms with Crippen molar-refractivity contribution in [3.8, 4) is 40.1 Å². The van der Waals surface area contributed by atoms with Crippen molar-refractivity contribution < 1.29 is 27.4 Å². The lowest BCUT2D eigenvalue weighted by molar-refractivity contribution is 0.0949. The molecule has 0 unspecified atom stereocenters. The number of benzene rings is 3. The highest BCUT2D eigenvalue weighted by atomic mass is 32.2. The van der Waals surface area contributed by atoms with Gasteiger partial charge in [0.2, 0.25) is 16.0 Å². The molecular weight excluding hydrogens is 584 g/mol. The van der Waals surface area contributed by atoms with Gasteiger partial charge in [-0.25, -0.2) is 18.4 Å². The number of nitrogens with one attached hydrogen (secondary N) is 1. The lowest BCUT2D eigenvalue weighted by Crippen LogP contribution is -2.33. The molecule has 0 bridgehead atoms. The fourth-order valence-electron chi connectivity index (χ4n) is 4.54. The van der Waals surface area contributed by atoms with E-state index in [9.17, 15) is 8.42 Å². The van der Waals surface area contributed by atoms with Gasteiger partial charge in [-0.2, -0.15) is 0 Å². The average molecular weight is 617 g/mol. The monoisotopic (exact) mass is 616 g/mol. The molecule has 0 spiro atoms. The quantitative estimate of drug-likeness (QED) is 0.195. The molecule has 12 nitrogen and oxygen atoms in total. The van der Waals surface area contributed by atoms with Gasteiger partial charge in [0.1, 0.15) is 40.0 Å². The second kappa shape index (κ2) is 13.1. The molecule has 0 saturated heterocycles. The molecule has 44 heavy (non-hydrogen) atoms. The number of nitrogens with zero attached hydrogens (tertiary/aromatic N) is 5. The number of aromatic nitrogens is 5. The molecule has 13 heteroatoms. The number of hydrogen-bond donors (Lipinski definition) is 1. The lowest BCUT2D eigenvalue weighted by Gasteiger charge is -2.23. The molecule has 5 rings (SSSR count). The number of rotatable bonds is 12. The number of aryl methyl sites for hydroxylation is 1. The molecule has 0 aliphatic carbocycles. The first kappa shape index (κ1) is 30.4. The summed E-state index contributed by atoms with van der Waals surface area (Å²) in [7, 11) is 0.283. The molecule has 2 heterocycles. The fraction of sp³-hybridized carbons (Fsp3) is 0.226. The van der Waals surface area contributed by atoms with E-state index in [1.54, 1.807) is 59.4 Å². The van der Waals surface area contributed by atoms with Crippen LogP contribution >= 0.6 is 0 Å². The second-order valence-corrected chi connectivity index (χ2v) is 11.8. The maximum Gasteiger partial charge on any atom is 0.243 e. The minimum atomic E-state index is -4.14. The Labute approximate surface area is 255 Å². The van der Waals surface area contributed by atoms with E-state index in [1.807, 2.05) is 37.3 Å². The Bertz CT molecular complexity index is 1790. The van der Waals surface area contributed by atoms with Crippen molar-refractivity contribution in [2.24, 2.45) is 0 Å². The Morgan fingerprint density at radius 1 is 0.795 bits per heavy atom. The van der Waals surface area contributed by atoms with Gasteiger partial charge in [0.05, 0.1) is 14.2 Å². The molecule has 0 saturated carbocycles. The first-order valence-corrected chi connectivity index (χ1v) is 15.1. The summed E-state index contributed by atoms with van der Waals surface area (Å²) in [5.74, 6) is 2.60.